The average molecular weight is 329 g/mol. The number of hydrogen-bond acceptors (Lipinski definition) is 2. The molecular formula is C15H22BrFN2. The van der Waals surface area contributed by atoms with E-state index in [9.17, 15) is 4.39 Å². The van der Waals surface area contributed by atoms with Crippen molar-refractivity contribution in [1.82, 2.24) is 10.2 Å². The number of hydrogen-bond donors (Lipinski definition) is 1. The summed E-state index contributed by atoms with van der Waals surface area (Å²) in [4.78, 5) is 2.32. The number of halogens is 2. The number of nitrogens with one attached hydrogen (secondary N) is 1. The maximum atomic E-state index is 13.7. The second-order valence-corrected chi connectivity index (χ2v) is 6.58. The van der Waals surface area contributed by atoms with E-state index in [-0.39, 0.29) is 11.4 Å². The SMILES string of the molecule is CN(C)C1(CNCc2ccc(Br)cc2F)CCCC1. The maximum Gasteiger partial charge on any atom is 0.128 e. The van der Waals surface area contributed by atoms with Gasteiger partial charge in [0, 0.05) is 28.7 Å². The van der Waals surface area contributed by atoms with Gasteiger partial charge >= 0.3 is 0 Å². The zero-order chi connectivity index (χ0) is 13.9. The van der Waals surface area contributed by atoms with Gasteiger partial charge in [0.2, 0.25) is 0 Å². The van der Waals surface area contributed by atoms with E-state index in [0.717, 1.165) is 16.6 Å². The van der Waals surface area contributed by atoms with Crippen molar-refractivity contribution in [2.75, 3.05) is 20.6 Å². The molecule has 1 fully saturated rings. The minimum atomic E-state index is -0.146. The number of likely N-dealkylation sites (N-methyl/N-ethyl adjacent to an activating group) is 1. The Labute approximate surface area is 123 Å². The van der Waals surface area contributed by atoms with Crippen LogP contribution in [-0.4, -0.2) is 31.1 Å². The molecule has 0 bridgehead atoms. The van der Waals surface area contributed by atoms with Crippen LogP contribution >= 0.6 is 15.9 Å². The summed E-state index contributed by atoms with van der Waals surface area (Å²) in [6.45, 7) is 1.52. The number of rotatable bonds is 5. The lowest BCUT2D eigenvalue weighted by Crippen LogP contribution is -2.49. The largest absolute Gasteiger partial charge is 0.311 e. The van der Waals surface area contributed by atoms with Crippen molar-refractivity contribution < 1.29 is 4.39 Å². The predicted octanol–water partition coefficient (Wildman–Crippen LogP) is 3.55. The zero-order valence-corrected chi connectivity index (χ0v) is 13.3. The first-order valence-electron chi connectivity index (χ1n) is 6.86. The highest BCUT2D eigenvalue weighted by Crippen LogP contribution is 2.33. The smallest absolute Gasteiger partial charge is 0.128 e. The van der Waals surface area contributed by atoms with Gasteiger partial charge in [0.1, 0.15) is 5.82 Å². The third kappa shape index (κ3) is 3.56. The first-order chi connectivity index (χ1) is 9.03. The summed E-state index contributed by atoms with van der Waals surface area (Å²) in [5, 5.41) is 3.43. The molecule has 0 aromatic heterocycles. The van der Waals surface area contributed by atoms with Gasteiger partial charge in [-0.15, -0.1) is 0 Å². The van der Waals surface area contributed by atoms with Gasteiger partial charge in [0.25, 0.3) is 0 Å². The van der Waals surface area contributed by atoms with Crippen LogP contribution in [0.3, 0.4) is 0 Å². The van der Waals surface area contributed by atoms with E-state index in [1.54, 1.807) is 0 Å². The summed E-state index contributed by atoms with van der Waals surface area (Å²) < 4.78 is 14.5. The Bertz CT molecular complexity index is 428. The minimum Gasteiger partial charge on any atom is -0.311 e. The van der Waals surface area contributed by atoms with Gasteiger partial charge < -0.3 is 10.2 Å². The van der Waals surface area contributed by atoms with Gasteiger partial charge in [-0.25, -0.2) is 4.39 Å². The highest BCUT2D eigenvalue weighted by Gasteiger charge is 2.35. The van der Waals surface area contributed by atoms with Crippen LogP contribution in [0.1, 0.15) is 31.2 Å². The molecule has 0 aliphatic heterocycles. The Kier molecular flexibility index (Phi) is 4.98. The van der Waals surface area contributed by atoms with Crippen molar-refractivity contribution in [1.29, 1.82) is 0 Å². The Morgan fingerprint density at radius 3 is 2.58 bits per heavy atom. The van der Waals surface area contributed by atoms with Crippen molar-refractivity contribution in [2.45, 2.75) is 37.8 Å². The molecule has 0 saturated heterocycles. The van der Waals surface area contributed by atoms with Crippen molar-refractivity contribution in [3.63, 3.8) is 0 Å². The van der Waals surface area contributed by atoms with Crippen LogP contribution in [0.4, 0.5) is 4.39 Å². The molecule has 1 saturated carbocycles. The minimum absolute atomic E-state index is 0.146. The van der Waals surface area contributed by atoms with Crippen molar-refractivity contribution in [3.8, 4) is 0 Å². The Balaban J connectivity index is 1.92. The molecule has 0 unspecified atom stereocenters. The quantitative estimate of drug-likeness (QED) is 0.889. The van der Waals surface area contributed by atoms with Crippen LogP contribution in [0.25, 0.3) is 0 Å². The van der Waals surface area contributed by atoms with Gasteiger partial charge in [-0.1, -0.05) is 34.8 Å². The number of benzene rings is 1. The van der Waals surface area contributed by atoms with Crippen LogP contribution in [0.2, 0.25) is 0 Å². The van der Waals surface area contributed by atoms with Crippen molar-refractivity contribution >= 4 is 15.9 Å². The molecule has 0 heterocycles. The summed E-state index contributed by atoms with van der Waals surface area (Å²) in [5.74, 6) is -0.146. The molecule has 2 rings (SSSR count). The first-order valence-corrected chi connectivity index (χ1v) is 7.65. The molecule has 4 heteroatoms. The lowest BCUT2D eigenvalue weighted by molar-refractivity contribution is 0.153. The summed E-state index contributed by atoms with van der Waals surface area (Å²) >= 11 is 3.28. The lowest BCUT2D eigenvalue weighted by atomic mass is 9.96. The molecule has 0 radical (unpaired) electrons. The fourth-order valence-electron chi connectivity index (χ4n) is 2.91. The molecule has 19 heavy (non-hydrogen) atoms. The highest BCUT2D eigenvalue weighted by atomic mass is 79.9. The van der Waals surface area contributed by atoms with Gasteiger partial charge in [0.15, 0.2) is 0 Å². The van der Waals surface area contributed by atoms with Crippen molar-refractivity contribution in [2.24, 2.45) is 0 Å². The molecule has 2 nitrogen and oxygen atoms in total. The van der Waals surface area contributed by atoms with E-state index in [1.807, 2.05) is 12.1 Å². The van der Waals surface area contributed by atoms with E-state index < -0.39 is 0 Å². The second-order valence-electron chi connectivity index (χ2n) is 5.67. The summed E-state index contributed by atoms with van der Waals surface area (Å²) in [6, 6.07) is 5.25. The van der Waals surface area contributed by atoms with Crippen LogP contribution in [0.5, 0.6) is 0 Å². The Morgan fingerprint density at radius 2 is 2.00 bits per heavy atom. The van der Waals surface area contributed by atoms with Crippen LogP contribution < -0.4 is 5.32 Å². The molecule has 1 aromatic rings. The third-order valence-corrected chi connectivity index (χ3v) is 4.76. The standard InChI is InChI=1S/C15H22BrFN2/c1-19(2)15(7-3-4-8-15)11-18-10-12-5-6-13(16)9-14(12)17/h5-6,9,18H,3-4,7-8,10-11H2,1-2H3. The van der Waals surface area contributed by atoms with Gasteiger partial charge in [-0.3, -0.25) is 0 Å². The molecule has 0 amide bonds. The van der Waals surface area contributed by atoms with Crippen LogP contribution in [0.15, 0.2) is 22.7 Å². The molecule has 1 aliphatic rings. The summed E-state index contributed by atoms with van der Waals surface area (Å²) in [5.41, 5.74) is 0.987. The molecular weight excluding hydrogens is 307 g/mol. The van der Waals surface area contributed by atoms with Gasteiger partial charge in [0.05, 0.1) is 0 Å². The van der Waals surface area contributed by atoms with E-state index in [0.29, 0.717) is 6.54 Å². The Morgan fingerprint density at radius 1 is 1.32 bits per heavy atom. The number of nitrogens with zero attached hydrogens (tertiary/aromatic N) is 1. The first kappa shape index (κ1) is 14.9. The second kappa shape index (κ2) is 6.33. The molecule has 0 spiro atoms. The highest BCUT2D eigenvalue weighted by molar-refractivity contribution is 9.10. The van der Waals surface area contributed by atoms with Crippen LogP contribution in [-0.2, 0) is 6.54 Å². The van der Waals surface area contributed by atoms with E-state index >= 15 is 0 Å². The Hall–Kier alpha value is -0.450. The van der Waals surface area contributed by atoms with E-state index in [1.165, 1.54) is 31.7 Å². The molecule has 0 atom stereocenters. The fraction of sp³-hybridized carbons (Fsp3) is 0.600. The van der Waals surface area contributed by atoms with E-state index in [2.05, 4.69) is 40.2 Å². The summed E-state index contributed by atoms with van der Waals surface area (Å²) in [7, 11) is 4.29. The normalized spacial score (nSPS) is 18.2. The third-order valence-electron chi connectivity index (χ3n) is 4.27. The summed E-state index contributed by atoms with van der Waals surface area (Å²) in [6.07, 6.45) is 5.06. The zero-order valence-electron chi connectivity index (χ0n) is 11.7. The van der Waals surface area contributed by atoms with Crippen LogP contribution in [0, 0.1) is 5.82 Å². The van der Waals surface area contributed by atoms with E-state index in [4.69, 9.17) is 0 Å². The average Bonchev–Trinajstić information content (AvgIpc) is 2.82. The van der Waals surface area contributed by atoms with Gasteiger partial charge in [-0.2, -0.15) is 0 Å². The molecule has 1 N–H and O–H groups in total. The molecule has 1 aromatic carbocycles. The van der Waals surface area contributed by atoms with Crippen molar-refractivity contribution in [3.05, 3.63) is 34.1 Å². The molecule has 106 valence electrons. The lowest BCUT2D eigenvalue weighted by Gasteiger charge is -2.36. The topological polar surface area (TPSA) is 15.3 Å². The van der Waals surface area contributed by atoms with Gasteiger partial charge in [-0.05, 0) is 39.1 Å². The monoisotopic (exact) mass is 328 g/mol. The predicted molar refractivity (Wildman–Crippen MR) is 80.7 cm³/mol. The molecule has 1 aliphatic carbocycles. The fourth-order valence-corrected chi connectivity index (χ4v) is 3.24. The maximum absolute atomic E-state index is 13.7.